The van der Waals surface area contributed by atoms with Crippen molar-refractivity contribution in [1.82, 2.24) is 5.32 Å². The van der Waals surface area contributed by atoms with E-state index < -0.39 is 6.17 Å². The molecule has 0 aliphatic carbocycles. The Morgan fingerprint density at radius 3 is 2.78 bits per heavy atom. The third-order valence-electron chi connectivity index (χ3n) is 0.778. The molecule has 0 rings (SSSR count). The Kier molecular flexibility index (Phi) is 3.67. The Balaban J connectivity index is 3.27. The van der Waals surface area contributed by atoms with Crippen molar-refractivity contribution in [3.05, 3.63) is 12.4 Å². The van der Waals surface area contributed by atoms with Gasteiger partial charge in [0.05, 0.1) is 0 Å². The summed E-state index contributed by atoms with van der Waals surface area (Å²) in [6.45, 7) is 8.35. The average Bonchev–Trinajstić information content (AvgIpc) is 1.83. The lowest BCUT2D eigenvalue weighted by Gasteiger charge is -2.03. The summed E-state index contributed by atoms with van der Waals surface area (Å²) in [4.78, 5) is 3.44. The third-order valence-corrected chi connectivity index (χ3v) is 0.778. The van der Waals surface area contributed by atoms with Crippen LogP contribution >= 0.6 is 0 Å². The van der Waals surface area contributed by atoms with Crippen molar-refractivity contribution >= 4 is 6.72 Å². The molecular formula is C6H11FN2. The molecule has 0 aliphatic rings. The third kappa shape index (κ3) is 5.00. The standard InChI is InChI=1S/C6H11FN2/c1-5(7)4-9-6(2)8-3/h5,9H,2-4H2,1H3. The Bertz CT molecular complexity index is 110. The van der Waals surface area contributed by atoms with Gasteiger partial charge in [-0.15, -0.1) is 0 Å². The molecule has 0 amide bonds. The maximum Gasteiger partial charge on any atom is 0.117 e. The molecule has 0 aromatic rings. The molecule has 0 aromatic carbocycles. The summed E-state index contributed by atoms with van der Waals surface area (Å²) in [5.74, 6) is 0.416. The molecule has 0 fully saturated rings. The van der Waals surface area contributed by atoms with Gasteiger partial charge < -0.3 is 5.32 Å². The van der Waals surface area contributed by atoms with Crippen molar-refractivity contribution in [3.63, 3.8) is 0 Å². The smallest absolute Gasteiger partial charge is 0.117 e. The fraction of sp³-hybridized carbons (Fsp3) is 0.500. The second kappa shape index (κ2) is 4.06. The summed E-state index contributed by atoms with van der Waals surface area (Å²) in [6, 6.07) is 0. The van der Waals surface area contributed by atoms with Gasteiger partial charge in [0.1, 0.15) is 12.0 Å². The summed E-state index contributed by atoms with van der Waals surface area (Å²) >= 11 is 0. The predicted octanol–water partition coefficient (Wildman–Crippen LogP) is 1.11. The van der Waals surface area contributed by atoms with Gasteiger partial charge in [0.25, 0.3) is 0 Å². The Morgan fingerprint density at radius 2 is 2.44 bits per heavy atom. The number of halogens is 1. The highest BCUT2D eigenvalue weighted by molar-refractivity contribution is 5.27. The number of rotatable bonds is 4. The van der Waals surface area contributed by atoms with E-state index in [4.69, 9.17) is 0 Å². The quantitative estimate of drug-likeness (QED) is 0.566. The van der Waals surface area contributed by atoms with Crippen molar-refractivity contribution in [2.24, 2.45) is 4.99 Å². The van der Waals surface area contributed by atoms with Crippen LogP contribution in [0.1, 0.15) is 6.92 Å². The van der Waals surface area contributed by atoms with Crippen molar-refractivity contribution < 1.29 is 4.39 Å². The number of hydrogen-bond donors (Lipinski definition) is 1. The van der Waals surface area contributed by atoms with Gasteiger partial charge in [-0.1, -0.05) is 6.58 Å². The van der Waals surface area contributed by atoms with Gasteiger partial charge in [-0.3, -0.25) is 0 Å². The second-order valence-corrected chi connectivity index (χ2v) is 1.77. The van der Waals surface area contributed by atoms with Crippen molar-refractivity contribution in [1.29, 1.82) is 0 Å². The van der Waals surface area contributed by atoms with E-state index in [1.54, 1.807) is 0 Å². The Hall–Kier alpha value is -0.860. The molecule has 1 atom stereocenters. The van der Waals surface area contributed by atoms with E-state index in [2.05, 4.69) is 23.6 Å². The summed E-state index contributed by atoms with van der Waals surface area (Å²) < 4.78 is 12.0. The minimum Gasteiger partial charge on any atom is -0.368 e. The summed E-state index contributed by atoms with van der Waals surface area (Å²) in [7, 11) is 0. The molecule has 1 N–H and O–H groups in total. The summed E-state index contributed by atoms with van der Waals surface area (Å²) in [6.07, 6.45) is -0.872. The van der Waals surface area contributed by atoms with Crippen LogP contribution in [0.25, 0.3) is 0 Å². The molecule has 0 radical (unpaired) electrons. The average molecular weight is 130 g/mol. The Morgan fingerprint density at radius 1 is 1.89 bits per heavy atom. The van der Waals surface area contributed by atoms with Crippen LogP contribution < -0.4 is 5.32 Å². The summed E-state index contributed by atoms with van der Waals surface area (Å²) in [5, 5.41) is 2.63. The van der Waals surface area contributed by atoms with Gasteiger partial charge in [-0.05, 0) is 13.6 Å². The van der Waals surface area contributed by atoms with Crippen molar-refractivity contribution in [2.75, 3.05) is 6.54 Å². The van der Waals surface area contributed by atoms with Crippen LogP contribution in [0.4, 0.5) is 4.39 Å². The first-order chi connectivity index (χ1) is 4.16. The normalized spacial score (nSPS) is 12.2. The lowest BCUT2D eigenvalue weighted by atomic mass is 10.4. The van der Waals surface area contributed by atoms with E-state index in [9.17, 15) is 4.39 Å². The zero-order chi connectivity index (χ0) is 7.28. The number of nitrogens with one attached hydrogen (secondary N) is 1. The lowest BCUT2D eigenvalue weighted by Crippen LogP contribution is -2.19. The predicted molar refractivity (Wildman–Crippen MR) is 37.3 cm³/mol. The highest BCUT2D eigenvalue weighted by Crippen LogP contribution is 1.87. The van der Waals surface area contributed by atoms with Crippen LogP contribution in [0, 0.1) is 0 Å². The molecule has 0 saturated carbocycles. The largest absolute Gasteiger partial charge is 0.368 e. The first kappa shape index (κ1) is 8.14. The van der Waals surface area contributed by atoms with Gasteiger partial charge in [0, 0.05) is 6.54 Å². The minimum atomic E-state index is -0.872. The fourth-order valence-electron chi connectivity index (χ4n) is 0.314. The van der Waals surface area contributed by atoms with Crippen LogP contribution in [0.3, 0.4) is 0 Å². The van der Waals surface area contributed by atoms with Crippen LogP contribution in [0.2, 0.25) is 0 Å². The fourth-order valence-corrected chi connectivity index (χ4v) is 0.314. The van der Waals surface area contributed by atoms with Gasteiger partial charge in [0.2, 0.25) is 0 Å². The first-order valence-corrected chi connectivity index (χ1v) is 2.70. The molecule has 1 unspecified atom stereocenters. The topological polar surface area (TPSA) is 24.4 Å². The molecule has 2 nitrogen and oxygen atoms in total. The number of aliphatic imine (C=N–C) groups is 1. The SMILES string of the molecule is C=NC(=C)NCC(C)F. The number of nitrogens with zero attached hydrogens (tertiary/aromatic N) is 1. The molecule has 0 bridgehead atoms. The van der Waals surface area contributed by atoms with Crippen molar-refractivity contribution in [2.45, 2.75) is 13.1 Å². The maximum atomic E-state index is 12.0. The zero-order valence-electron chi connectivity index (χ0n) is 5.52. The molecule has 52 valence electrons. The van der Waals surface area contributed by atoms with Gasteiger partial charge in [-0.2, -0.15) is 0 Å². The molecule has 0 aromatic heterocycles. The maximum absolute atomic E-state index is 12.0. The van der Waals surface area contributed by atoms with E-state index in [-0.39, 0.29) is 6.54 Å². The number of alkyl halides is 1. The number of hydrogen-bond acceptors (Lipinski definition) is 2. The van der Waals surface area contributed by atoms with E-state index in [1.165, 1.54) is 6.92 Å². The van der Waals surface area contributed by atoms with E-state index in [0.717, 1.165) is 0 Å². The van der Waals surface area contributed by atoms with Crippen LogP contribution in [-0.4, -0.2) is 19.4 Å². The van der Waals surface area contributed by atoms with E-state index >= 15 is 0 Å². The highest BCUT2D eigenvalue weighted by Gasteiger charge is 1.95. The van der Waals surface area contributed by atoms with Crippen LogP contribution in [-0.2, 0) is 0 Å². The zero-order valence-corrected chi connectivity index (χ0v) is 5.52. The molecule has 3 heteroatoms. The molecule has 0 saturated heterocycles. The van der Waals surface area contributed by atoms with Crippen LogP contribution in [0.15, 0.2) is 17.4 Å². The summed E-state index contributed by atoms with van der Waals surface area (Å²) in [5.41, 5.74) is 0. The van der Waals surface area contributed by atoms with E-state index in [1.807, 2.05) is 0 Å². The molecule has 0 heterocycles. The molecule has 9 heavy (non-hydrogen) atoms. The minimum absolute atomic E-state index is 0.248. The van der Waals surface area contributed by atoms with Gasteiger partial charge in [-0.25, -0.2) is 9.38 Å². The molecular weight excluding hydrogens is 119 g/mol. The van der Waals surface area contributed by atoms with Crippen LogP contribution in [0.5, 0.6) is 0 Å². The molecule has 0 spiro atoms. The van der Waals surface area contributed by atoms with Gasteiger partial charge in [0.15, 0.2) is 0 Å². The molecule has 0 aliphatic heterocycles. The van der Waals surface area contributed by atoms with Crippen molar-refractivity contribution in [3.8, 4) is 0 Å². The Labute approximate surface area is 54.5 Å². The van der Waals surface area contributed by atoms with E-state index in [0.29, 0.717) is 5.82 Å². The lowest BCUT2D eigenvalue weighted by molar-refractivity contribution is 0.353. The van der Waals surface area contributed by atoms with Gasteiger partial charge >= 0.3 is 0 Å². The second-order valence-electron chi connectivity index (χ2n) is 1.77. The monoisotopic (exact) mass is 130 g/mol. The first-order valence-electron chi connectivity index (χ1n) is 2.70. The highest BCUT2D eigenvalue weighted by atomic mass is 19.1.